The van der Waals surface area contributed by atoms with E-state index >= 15 is 0 Å². The van der Waals surface area contributed by atoms with Gasteiger partial charge in [0, 0.05) is 0 Å². The third kappa shape index (κ3) is 3.87. The maximum atomic E-state index is 12.3. The van der Waals surface area contributed by atoms with Gasteiger partial charge in [-0.3, -0.25) is 14.2 Å². The van der Waals surface area contributed by atoms with Gasteiger partial charge in [0.25, 0.3) is 5.56 Å². The molecular weight excluding hydrogens is 322 g/mol. The molecule has 0 unspecified atom stereocenters. The molecule has 8 heteroatoms. The van der Waals surface area contributed by atoms with E-state index in [4.69, 9.17) is 10.00 Å². The summed E-state index contributed by atoms with van der Waals surface area (Å²) < 4.78 is 7.02. The van der Waals surface area contributed by atoms with Crippen LogP contribution in [0.3, 0.4) is 0 Å². The first kappa shape index (κ1) is 16.5. The summed E-state index contributed by atoms with van der Waals surface area (Å²) in [4.78, 5) is 28.5. The van der Waals surface area contributed by atoms with E-state index in [0.717, 1.165) is 11.8 Å². The largest absolute Gasteiger partial charge is 0.459 e. The molecule has 0 aliphatic heterocycles. The molecule has 0 aromatic carbocycles. The Bertz CT molecular complexity index is 796. The van der Waals surface area contributed by atoms with Crippen molar-refractivity contribution in [2.24, 2.45) is 0 Å². The van der Waals surface area contributed by atoms with Crippen molar-refractivity contribution in [1.82, 2.24) is 9.55 Å². The summed E-state index contributed by atoms with van der Waals surface area (Å²) in [5.41, 5.74) is -0.238. The number of rotatable bonds is 4. The second-order valence-corrected chi connectivity index (χ2v) is 7.31. The van der Waals surface area contributed by atoms with Gasteiger partial charge < -0.3 is 4.74 Å². The average molecular weight is 337 g/mol. The molecule has 116 valence electrons. The van der Waals surface area contributed by atoms with Crippen molar-refractivity contribution in [1.29, 1.82) is 5.26 Å². The van der Waals surface area contributed by atoms with Crippen LogP contribution >= 0.6 is 23.1 Å². The lowest BCUT2D eigenvalue weighted by Crippen LogP contribution is -2.26. The lowest BCUT2D eigenvalue weighted by molar-refractivity contribution is -0.151. The number of hydrogen-bond donors (Lipinski definition) is 0. The lowest BCUT2D eigenvalue weighted by Gasteiger charge is -2.19. The number of nitriles is 1. The maximum absolute atomic E-state index is 12.3. The molecule has 0 saturated carbocycles. The van der Waals surface area contributed by atoms with Gasteiger partial charge >= 0.3 is 5.97 Å². The maximum Gasteiger partial charge on any atom is 0.316 e. The van der Waals surface area contributed by atoms with Crippen LogP contribution in [0.1, 0.15) is 20.8 Å². The summed E-state index contributed by atoms with van der Waals surface area (Å²) in [6.45, 7) is 5.26. The van der Waals surface area contributed by atoms with E-state index in [0.29, 0.717) is 15.4 Å². The molecule has 0 amide bonds. The molecule has 2 heterocycles. The highest BCUT2D eigenvalue weighted by Gasteiger charge is 2.18. The fourth-order valence-electron chi connectivity index (χ4n) is 1.74. The predicted molar refractivity (Wildman–Crippen MR) is 86.1 cm³/mol. The zero-order valence-corrected chi connectivity index (χ0v) is 14.1. The molecule has 0 aliphatic rings. The van der Waals surface area contributed by atoms with Gasteiger partial charge in [-0.2, -0.15) is 5.26 Å². The van der Waals surface area contributed by atoms with E-state index in [-0.39, 0.29) is 23.8 Å². The van der Waals surface area contributed by atoms with Crippen molar-refractivity contribution < 1.29 is 9.53 Å². The van der Waals surface area contributed by atoms with Crippen molar-refractivity contribution in [2.45, 2.75) is 38.1 Å². The molecule has 0 aliphatic carbocycles. The first-order valence-electron chi connectivity index (χ1n) is 6.51. The fraction of sp³-hybridized carbons (Fsp3) is 0.429. The van der Waals surface area contributed by atoms with Gasteiger partial charge in [-0.15, -0.1) is 11.3 Å². The molecule has 0 spiro atoms. The summed E-state index contributed by atoms with van der Waals surface area (Å²) in [5.74, 6) is -0.356. The van der Waals surface area contributed by atoms with E-state index < -0.39 is 5.60 Å². The van der Waals surface area contributed by atoms with E-state index in [9.17, 15) is 9.59 Å². The Morgan fingerprint density at radius 3 is 2.91 bits per heavy atom. The first-order chi connectivity index (χ1) is 10.3. The van der Waals surface area contributed by atoms with Crippen LogP contribution in [0.5, 0.6) is 0 Å². The van der Waals surface area contributed by atoms with Crippen LogP contribution in [0.15, 0.2) is 21.4 Å². The average Bonchev–Trinajstić information content (AvgIpc) is 2.86. The summed E-state index contributed by atoms with van der Waals surface area (Å²) in [5, 5.41) is 11.0. The molecule has 2 rings (SSSR count). The third-order valence-corrected chi connectivity index (χ3v) is 4.34. The van der Waals surface area contributed by atoms with E-state index in [1.807, 2.05) is 6.07 Å². The molecule has 22 heavy (non-hydrogen) atoms. The second-order valence-electron chi connectivity index (χ2n) is 5.45. The van der Waals surface area contributed by atoms with Crippen LogP contribution in [0, 0.1) is 11.3 Å². The zero-order chi connectivity index (χ0) is 16.3. The van der Waals surface area contributed by atoms with Gasteiger partial charge in [-0.05, 0) is 32.2 Å². The minimum Gasteiger partial charge on any atom is -0.459 e. The normalized spacial score (nSPS) is 11.4. The molecule has 6 nitrogen and oxygen atoms in total. The number of thiophene rings is 1. The number of nitrogens with zero attached hydrogens (tertiary/aromatic N) is 3. The van der Waals surface area contributed by atoms with Gasteiger partial charge in [0.2, 0.25) is 0 Å². The standard InChI is InChI=1S/C14H15N3O3S2/c1-14(2,3)20-10(18)8-22-13-16-9-4-7-21-11(9)12(19)17(13)6-5-15/h4,7H,6,8H2,1-3H3. The van der Waals surface area contributed by atoms with Crippen molar-refractivity contribution in [3.05, 3.63) is 21.8 Å². The highest BCUT2D eigenvalue weighted by atomic mass is 32.2. The highest BCUT2D eigenvalue weighted by molar-refractivity contribution is 7.99. The number of fused-ring (bicyclic) bond motifs is 1. The van der Waals surface area contributed by atoms with Crippen LogP contribution in [0.25, 0.3) is 10.2 Å². The van der Waals surface area contributed by atoms with Gasteiger partial charge in [-0.1, -0.05) is 11.8 Å². The van der Waals surface area contributed by atoms with Crippen LogP contribution in [0.4, 0.5) is 0 Å². The monoisotopic (exact) mass is 337 g/mol. The van der Waals surface area contributed by atoms with E-state index in [1.165, 1.54) is 15.9 Å². The number of ether oxygens (including phenoxy) is 1. The van der Waals surface area contributed by atoms with E-state index in [2.05, 4.69) is 4.98 Å². The SMILES string of the molecule is CC(C)(C)OC(=O)CSc1nc2ccsc2c(=O)n1CC#N. The Hall–Kier alpha value is -1.85. The number of aromatic nitrogens is 2. The molecule has 2 aromatic rings. The number of thioether (sulfide) groups is 1. The van der Waals surface area contributed by atoms with Crippen molar-refractivity contribution >= 4 is 39.3 Å². The Morgan fingerprint density at radius 2 is 2.27 bits per heavy atom. The fourth-order valence-corrected chi connectivity index (χ4v) is 3.29. The van der Waals surface area contributed by atoms with Crippen LogP contribution in [-0.4, -0.2) is 26.9 Å². The molecule has 0 N–H and O–H groups in total. The molecule has 0 radical (unpaired) electrons. The number of esters is 1. The second kappa shape index (κ2) is 6.50. The van der Waals surface area contributed by atoms with Crippen LogP contribution in [-0.2, 0) is 16.1 Å². The minimum atomic E-state index is -0.561. The Kier molecular flexibility index (Phi) is 4.88. The van der Waals surface area contributed by atoms with Crippen molar-refractivity contribution in [2.75, 3.05) is 5.75 Å². The Balaban J connectivity index is 2.27. The number of carbonyl (C=O) groups is 1. The molecule has 0 atom stereocenters. The van der Waals surface area contributed by atoms with Gasteiger partial charge in [0.15, 0.2) is 5.16 Å². The Labute approximate surface area is 135 Å². The number of carbonyl (C=O) groups excluding carboxylic acids is 1. The van der Waals surface area contributed by atoms with Gasteiger partial charge in [0.1, 0.15) is 16.8 Å². The molecule has 0 fully saturated rings. The highest BCUT2D eigenvalue weighted by Crippen LogP contribution is 2.21. The van der Waals surface area contributed by atoms with Gasteiger partial charge in [0.05, 0.1) is 17.3 Å². The topological polar surface area (TPSA) is 85.0 Å². The van der Waals surface area contributed by atoms with Crippen LogP contribution in [0.2, 0.25) is 0 Å². The summed E-state index contributed by atoms with van der Waals surface area (Å²) >= 11 is 2.39. The summed E-state index contributed by atoms with van der Waals surface area (Å²) in [6.07, 6.45) is 0. The zero-order valence-electron chi connectivity index (χ0n) is 12.5. The molecule has 2 aromatic heterocycles. The first-order valence-corrected chi connectivity index (χ1v) is 8.38. The van der Waals surface area contributed by atoms with Crippen molar-refractivity contribution in [3.8, 4) is 6.07 Å². The molecule has 0 saturated heterocycles. The smallest absolute Gasteiger partial charge is 0.316 e. The summed E-state index contributed by atoms with van der Waals surface area (Å²) in [7, 11) is 0. The van der Waals surface area contributed by atoms with Gasteiger partial charge in [-0.25, -0.2) is 4.98 Å². The lowest BCUT2D eigenvalue weighted by atomic mass is 10.2. The minimum absolute atomic E-state index is 0.0325. The third-order valence-electron chi connectivity index (χ3n) is 2.50. The van der Waals surface area contributed by atoms with E-state index in [1.54, 1.807) is 32.2 Å². The Morgan fingerprint density at radius 1 is 1.55 bits per heavy atom. The summed E-state index contributed by atoms with van der Waals surface area (Å²) in [6, 6.07) is 3.69. The molecule has 0 bridgehead atoms. The number of hydrogen-bond acceptors (Lipinski definition) is 7. The van der Waals surface area contributed by atoms with Crippen LogP contribution < -0.4 is 5.56 Å². The van der Waals surface area contributed by atoms with Crippen molar-refractivity contribution in [3.63, 3.8) is 0 Å². The quantitative estimate of drug-likeness (QED) is 0.484. The molecular formula is C14H15N3O3S2. The predicted octanol–water partition coefficient (Wildman–Crippen LogP) is 2.42.